The molecule has 0 aromatic heterocycles. The largest absolute Gasteiger partial charge is 0.293 e. The third kappa shape index (κ3) is 1.68. The van der Waals surface area contributed by atoms with E-state index in [1.807, 2.05) is 12.1 Å². The molecule has 68 valence electrons. The molecule has 1 nitrogen and oxygen atoms in total. The predicted molar refractivity (Wildman–Crippen MR) is 56.6 cm³/mol. The summed E-state index contributed by atoms with van der Waals surface area (Å²) in [4.78, 5) is 11.4. The Hall–Kier alpha value is -0.630. The molecular formula is C11H11BrO. The average molecular weight is 239 g/mol. The normalized spacial score (nSPS) is 14.2. The molecule has 0 bridgehead atoms. The summed E-state index contributed by atoms with van der Waals surface area (Å²) in [6.07, 6.45) is 3.55. The van der Waals surface area contributed by atoms with E-state index in [4.69, 9.17) is 0 Å². The molecule has 2 rings (SSSR count). The van der Waals surface area contributed by atoms with Crippen molar-refractivity contribution < 1.29 is 4.79 Å². The summed E-state index contributed by atoms with van der Waals surface area (Å²) in [5, 5.41) is 0.422. The van der Waals surface area contributed by atoms with Crippen LogP contribution in [0.1, 0.15) is 27.9 Å². The highest BCUT2D eigenvalue weighted by molar-refractivity contribution is 9.09. The zero-order valence-corrected chi connectivity index (χ0v) is 8.93. The van der Waals surface area contributed by atoms with Gasteiger partial charge in [0.25, 0.3) is 0 Å². The van der Waals surface area contributed by atoms with Gasteiger partial charge in [-0.1, -0.05) is 28.1 Å². The van der Waals surface area contributed by atoms with Gasteiger partial charge in [-0.15, -0.1) is 0 Å². The van der Waals surface area contributed by atoms with E-state index in [1.54, 1.807) is 0 Å². The summed E-state index contributed by atoms with van der Waals surface area (Å²) in [7, 11) is 0. The third-order valence-electron chi connectivity index (χ3n) is 2.54. The maximum absolute atomic E-state index is 11.4. The number of ketones is 1. The van der Waals surface area contributed by atoms with Crippen molar-refractivity contribution in [1.29, 1.82) is 0 Å². The molecule has 1 aromatic carbocycles. The number of carbonyl (C=O) groups is 1. The molecule has 0 radical (unpaired) electrons. The first kappa shape index (κ1) is 8.95. The van der Waals surface area contributed by atoms with Crippen molar-refractivity contribution in [3.05, 3.63) is 34.9 Å². The Labute approximate surface area is 86.3 Å². The van der Waals surface area contributed by atoms with Gasteiger partial charge >= 0.3 is 0 Å². The lowest BCUT2D eigenvalue weighted by Gasteiger charge is -2.01. The minimum Gasteiger partial charge on any atom is -0.293 e. The molecule has 1 aliphatic carbocycles. The van der Waals surface area contributed by atoms with E-state index in [1.165, 1.54) is 24.0 Å². The molecule has 1 aromatic rings. The van der Waals surface area contributed by atoms with Gasteiger partial charge in [0.05, 0.1) is 5.33 Å². The van der Waals surface area contributed by atoms with E-state index >= 15 is 0 Å². The summed E-state index contributed by atoms with van der Waals surface area (Å²) < 4.78 is 0. The molecule has 1 aliphatic rings. The molecular weight excluding hydrogens is 228 g/mol. The fourth-order valence-electron chi connectivity index (χ4n) is 1.82. The van der Waals surface area contributed by atoms with E-state index in [-0.39, 0.29) is 5.78 Å². The molecule has 0 heterocycles. The minimum atomic E-state index is 0.176. The van der Waals surface area contributed by atoms with Crippen LogP contribution in [0.15, 0.2) is 18.2 Å². The van der Waals surface area contributed by atoms with Crippen molar-refractivity contribution >= 4 is 21.7 Å². The lowest BCUT2D eigenvalue weighted by atomic mass is 10.0. The van der Waals surface area contributed by atoms with E-state index < -0.39 is 0 Å². The lowest BCUT2D eigenvalue weighted by molar-refractivity contribution is 0.102. The van der Waals surface area contributed by atoms with Crippen LogP contribution in [0.25, 0.3) is 0 Å². The standard InChI is InChI=1S/C11H11BrO/c12-7-11(13)10-5-4-8-2-1-3-9(8)6-10/h4-6H,1-3,7H2. The third-order valence-corrected chi connectivity index (χ3v) is 3.05. The number of fused-ring (bicyclic) bond motifs is 1. The highest BCUT2D eigenvalue weighted by Gasteiger charge is 2.12. The van der Waals surface area contributed by atoms with E-state index in [9.17, 15) is 4.79 Å². The summed E-state index contributed by atoms with van der Waals surface area (Å²) in [6.45, 7) is 0. The second-order valence-corrected chi connectivity index (χ2v) is 3.95. The zero-order chi connectivity index (χ0) is 9.26. The Kier molecular flexibility index (Phi) is 2.49. The Bertz CT molecular complexity index is 344. The Morgan fingerprint density at radius 3 is 2.85 bits per heavy atom. The number of carbonyl (C=O) groups excluding carboxylic acids is 1. The molecule has 0 unspecified atom stereocenters. The fourth-order valence-corrected chi connectivity index (χ4v) is 2.15. The van der Waals surface area contributed by atoms with E-state index in [0.29, 0.717) is 5.33 Å². The number of Topliss-reactive ketones (excluding diaryl/α,β-unsaturated/α-hetero) is 1. The first-order valence-corrected chi connectivity index (χ1v) is 5.64. The van der Waals surface area contributed by atoms with Crippen molar-refractivity contribution in [2.45, 2.75) is 19.3 Å². The van der Waals surface area contributed by atoms with Gasteiger partial charge in [-0.25, -0.2) is 0 Å². The maximum atomic E-state index is 11.4. The maximum Gasteiger partial charge on any atom is 0.173 e. The van der Waals surface area contributed by atoms with Gasteiger partial charge in [0.1, 0.15) is 0 Å². The summed E-state index contributed by atoms with van der Waals surface area (Å²) in [6, 6.07) is 6.08. The van der Waals surface area contributed by atoms with Crippen molar-refractivity contribution in [2.75, 3.05) is 5.33 Å². The van der Waals surface area contributed by atoms with Gasteiger partial charge in [-0.05, 0) is 36.5 Å². The molecule has 0 saturated carbocycles. The number of hydrogen-bond acceptors (Lipinski definition) is 1. The van der Waals surface area contributed by atoms with Crippen LogP contribution in [0.5, 0.6) is 0 Å². The molecule has 0 N–H and O–H groups in total. The van der Waals surface area contributed by atoms with Crippen LogP contribution in [-0.2, 0) is 12.8 Å². The summed E-state index contributed by atoms with van der Waals surface area (Å²) in [5.74, 6) is 0.176. The van der Waals surface area contributed by atoms with Crippen molar-refractivity contribution in [3.63, 3.8) is 0 Å². The number of halogens is 1. The monoisotopic (exact) mass is 238 g/mol. The average Bonchev–Trinajstić information content (AvgIpc) is 2.63. The van der Waals surface area contributed by atoms with Crippen molar-refractivity contribution in [3.8, 4) is 0 Å². The number of aryl methyl sites for hydroxylation is 2. The van der Waals surface area contributed by atoms with Gasteiger partial charge < -0.3 is 0 Å². The minimum absolute atomic E-state index is 0.176. The van der Waals surface area contributed by atoms with Crippen LogP contribution in [0.3, 0.4) is 0 Å². The molecule has 0 spiro atoms. The van der Waals surface area contributed by atoms with Gasteiger partial charge in [0.15, 0.2) is 5.78 Å². The lowest BCUT2D eigenvalue weighted by Crippen LogP contribution is -2.00. The quantitative estimate of drug-likeness (QED) is 0.572. The number of alkyl halides is 1. The van der Waals surface area contributed by atoms with Crippen LogP contribution < -0.4 is 0 Å². The van der Waals surface area contributed by atoms with Crippen LogP contribution >= 0.6 is 15.9 Å². The number of hydrogen-bond donors (Lipinski definition) is 0. The molecule has 0 fully saturated rings. The Balaban J connectivity index is 2.36. The molecule has 0 amide bonds. The molecule has 0 atom stereocenters. The highest BCUT2D eigenvalue weighted by atomic mass is 79.9. The second-order valence-electron chi connectivity index (χ2n) is 3.39. The van der Waals surface area contributed by atoms with Crippen molar-refractivity contribution in [2.24, 2.45) is 0 Å². The molecule has 13 heavy (non-hydrogen) atoms. The van der Waals surface area contributed by atoms with Gasteiger partial charge in [0.2, 0.25) is 0 Å². The van der Waals surface area contributed by atoms with Gasteiger partial charge in [-0.3, -0.25) is 4.79 Å². The smallest absolute Gasteiger partial charge is 0.173 e. The highest BCUT2D eigenvalue weighted by Crippen LogP contribution is 2.23. The topological polar surface area (TPSA) is 17.1 Å². The van der Waals surface area contributed by atoms with E-state index in [2.05, 4.69) is 22.0 Å². The first-order valence-electron chi connectivity index (χ1n) is 4.52. The van der Waals surface area contributed by atoms with Gasteiger partial charge in [-0.2, -0.15) is 0 Å². The van der Waals surface area contributed by atoms with Crippen LogP contribution in [0.4, 0.5) is 0 Å². The molecule has 0 aliphatic heterocycles. The fraction of sp³-hybridized carbons (Fsp3) is 0.364. The first-order chi connectivity index (χ1) is 6.31. The molecule has 0 saturated heterocycles. The predicted octanol–water partition coefficient (Wildman–Crippen LogP) is 2.75. The van der Waals surface area contributed by atoms with Crippen molar-refractivity contribution in [1.82, 2.24) is 0 Å². The van der Waals surface area contributed by atoms with Gasteiger partial charge in [0, 0.05) is 5.56 Å². The number of rotatable bonds is 2. The van der Waals surface area contributed by atoms with Crippen LogP contribution in [0, 0.1) is 0 Å². The Morgan fingerprint density at radius 2 is 2.08 bits per heavy atom. The second kappa shape index (κ2) is 3.62. The number of benzene rings is 1. The SMILES string of the molecule is O=C(CBr)c1ccc2c(c1)CCC2. The van der Waals surface area contributed by atoms with Crippen LogP contribution in [0.2, 0.25) is 0 Å². The summed E-state index contributed by atoms with van der Waals surface area (Å²) >= 11 is 3.18. The van der Waals surface area contributed by atoms with E-state index in [0.717, 1.165) is 12.0 Å². The molecule has 2 heteroatoms. The Morgan fingerprint density at radius 1 is 1.31 bits per heavy atom. The van der Waals surface area contributed by atoms with Crippen LogP contribution in [-0.4, -0.2) is 11.1 Å². The zero-order valence-electron chi connectivity index (χ0n) is 7.35. The summed E-state index contributed by atoms with van der Waals surface area (Å²) in [5.41, 5.74) is 3.63.